The van der Waals surface area contributed by atoms with E-state index >= 15 is 0 Å². The third kappa shape index (κ3) is 1.78. The Hall–Kier alpha value is -1.88. The second-order valence-electron chi connectivity index (χ2n) is 3.99. The molecule has 5 nitrogen and oxygen atoms in total. The topological polar surface area (TPSA) is 66.8 Å². The van der Waals surface area contributed by atoms with Gasteiger partial charge in [0.2, 0.25) is 0 Å². The van der Waals surface area contributed by atoms with E-state index in [1.807, 2.05) is 13.0 Å². The average Bonchev–Trinajstić information content (AvgIpc) is 2.26. The van der Waals surface area contributed by atoms with Crippen molar-refractivity contribution in [3.05, 3.63) is 29.8 Å². The van der Waals surface area contributed by atoms with Gasteiger partial charge in [-0.05, 0) is 24.6 Å². The highest BCUT2D eigenvalue weighted by molar-refractivity contribution is 6.12. The monoisotopic (exact) mass is 235 g/mol. The van der Waals surface area contributed by atoms with Crippen molar-refractivity contribution >= 4 is 17.6 Å². The molecule has 1 aliphatic heterocycles. The van der Waals surface area contributed by atoms with Crippen molar-refractivity contribution in [2.45, 2.75) is 19.1 Å². The molecule has 0 unspecified atom stereocenters. The lowest BCUT2D eigenvalue weighted by Gasteiger charge is -2.43. The summed E-state index contributed by atoms with van der Waals surface area (Å²) in [6.45, 7) is 1.89. The Bertz CT molecular complexity index is 471. The molecular formula is C12H13NO4. The van der Waals surface area contributed by atoms with Gasteiger partial charge in [-0.15, -0.1) is 0 Å². The van der Waals surface area contributed by atoms with E-state index in [-0.39, 0.29) is 5.91 Å². The van der Waals surface area contributed by atoms with Crippen LogP contribution in [0.3, 0.4) is 0 Å². The standard InChI is InChI=1S/C12H13NO4/c1-7-4-3-5-8(6-7)13-9(12(15)16)10(17-2)11(13)14/h3-6,9-10H,1-2H3,(H,15,16)/t9-,10-/m1/s1. The SMILES string of the molecule is CO[C@H]1C(=O)N(c2cccc(C)c2)[C@H]1C(=O)O. The molecule has 2 atom stereocenters. The summed E-state index contributed by atoms with van der Waals surface area (Å²) in [6.07, 6.45) is -0.881. The van der Waals surface area contributed by atoms with E-state index in [1.54, 1.807) is 18.2 Å². The molecule has 2 rings (SSSR count). The van der Waals surface area contributed by atoms with Gasteiger partial charge in [0.05, 0.1) is 0 Å². The lowest BCUT2D eigenvalue weighted by Crippen LogP contribution is -2.69. The zero-order valence-corrected chi connectivity index (χ0v) is 9.58. The predicted octanol–water partition coefficient (Wildman–Crippen LogP) is 0.810. The van der Waals surface area contributed by atoms with Gasteiger partial charge in [0.1, 0.15) is 0 Å². The number of hydrogen-bond donors (Lipinski definition) is 1. The van der Waals surface area contributed by atoms with Gasteiger partial charge in [-0.3, -0.25) is 9.69 Å². The van der Waals surface area contributed by atoms with Gasteiger partial charge in [0.25, 0.3) is 5.91 Å². The maximum Gasteiger partial charge on any atom is 0.330 e. The number of carboxylic acids is 1. The second-order valence-corrected chi connectivity index (χ2v) is 3.99. The molecule has 1 saturated heterocycles. The van der Waals surface area contributed by atoms with Crippen LogP contribution < -0.4 is 4.90 Å². The van der Waals surface area contributed by atoms with Gasteiger partial charge in [0, 0.05) is 12.8 Å². The molecular weight excluding hydrogens is 222 g/mol. The molecule has 0 spiro atoms. The fourth-order valence-electron chi connectivity index (χ4n) is 2.00. The fraction of sp³-hybridized carbons (Fsp3) is 0.333. The van der Waals surface area contributed by atoms with E-state index in [1.165, 1.54) is 12.0 Å². The largest absolute Gasteiger partial charge is 0.480 e. The molecule has 0 bridgehead atoms. The first-order chi connectivity index (χ1) is 8.06. The minimum atomic E-state index is -1.06. The molecule has 1 fully saturated rings. The van der Waals surface area contributed by atoms with Crippen LogP contribution in [0.25, 0.3) is 0 Å². The van der Waals surface area contributed by atoms with Crippen LogP contribution in [0.1, 0.15) is 5.56 Å². The van der Waals surface area contributed by atoms with Crippen molar-refractivity contribution in [2.24, 2.45) is 0 Å². The molecule has 0 radical (unpaired) electrons. The maximum absolute atomic E-state index is 11.8. The number of carboxylic acid groups (broad SMARTS) is 1. The van der Waals surface area contributed by atoms with Gasteiger partial charge in [0.15, 0.2) is 12.1 Å². The first-order valence-corrected chi connectivity index (χ1v) is 5.21. The van der Waals surface area contributed by atoms with Crippen LogP contribution in [0.5, 0.6) is 0 Å². The molecule has 1 aromatic carbocycles. The molecule has 1 amide bonds. The summed E-state index contributed by atoms with van der Waals surface area (Å²) in [4.78, 5) is 24.1. The summed E-state index contributed by atoms with van der Waals surface area (Å²) in [5.74, 6) is -1.37. The normalized spacial score (nSPS) is 23.4. The third-order valence-electron chi connectivity index (χ3n) is 2.83. The number of amides is 1. The van der Waals surface area contributed by atoms with E-state index < -0.39 is 18.1 Å². The average molecular weight is 235 g/mol. The van der Waals surface area contributed by atoms with Crippen molar-refractivity contribution in [3.8, 4) is 0 Å². The number of carbonyl (C=O) groups is 2. The van der Waals surface area contributed by atoms with Crippen LogP contribution in [0.15, 0.2) is 24.3 Å². The number of anilines is 1. The van der Waals surface area contributed by atoms with Crippen molar-refractivity contribution < 1.29 is 19.4 Å². The smallest absolute Gasteiger partial charge is 0.330 e. The summed E-state index contributed by atoms with van der Waals surface area (Å²) >= 11 is 0. The van der Waals surface area contributed by atoms with Crippen LogP contribution in [0.4, 0.5) is 5.69 Å². The Labute approximate surface area is 98.6 Å². The number of rotatable bonds is 3. The maximum atomic E-state index is 11.8. The van der Waals surface area contributed by atoms with Crippen LogP contribution in [0.2, 0.25) is 0 Å². The summed E-state index contributed by atoms with van der Waals surface area (Å²) < 4.78 is 4.88. The summed E-state index contributed by atoms with van der Waals surface area (Å²) in [5, 5.41) is 9.08. The molecule has 90 valence electrons. The van der Waals surface area contributed by atoms with Gasteiger partial charge >= 0.3 is 5.97 Å². The van der Waals surface area contributed by atoms with Crippen molar-refractivity contribution in [1.29, 1.82) is 0 Å². The zero-order chi connectivity index (χ0) is 12.6. The Morgan fingerprint density at radius 2 is 2.18 bits per heavy atom. The predicted molar refractivity (Wildman–Crippen MR) is 60.9 cm³/mol. The molecule has 0 saturated carbocycles. The Kier molecular flexibility index (Phi) is 2.85. The third-order valence-corrected chi connectivity index (χ3v) is 2.83. The fourth-order valence-corrected chi connectivity index (χ4v) is 2.00. The van der Waals surface area contributed by atoms with Gasteiger partial charge in [-0.25, -0.2) is 4.79 Å². The van der Waals surface area contributed by atoms with Crippen LogP contribution in [-0.2, 0) is 14.3 Å². The summed E-state index contributed by atoms with van der Waals surface area (Å²) in [6, 6.07) is 6.23. The zero-order valence-electron chi connectivity index (χ0n) is 9.58. The first-order valence-electron chi connectivity index (χ1n) is 5.21. The van der Waals surface area contributed by atoms with Crippen LogP contribution in [0, 0.1) is 6.92 Å². The Balaban J connectivity index is 2.32. The van der Waals surface area contributed by atoms with Crippen molar-refractivity contribution in [3.63, 3.8) is 0 Å². The molecule has 1 N–H and O–H groups in total. The highest BCUT2D eigenvalue weighted by Gasteiger charge is 2.53. The number of carbonyl (C=O) groups excluding carboxylic acids is 1. The van der Waals surface area contributed by atoms with E-state index in [0.717, 1.165) is 5.56 Å². The highest BCUT2D eigenvalue weighted by atomic mass is 16.5. The van der Waals surface area contributed by atoms with E-state index in [2.05, 4.69) is 0 Å². The quantitative estimate of drug-likeness (QED) is 0.787. The number of aliphatic carboxylic acids is 1. The number of ether oxygens (including phenoxy) is 1. The molecule has 0 aromatic heterocycles. The molecule has 1 aromatic rings. The number of nitrogens with zero attached hydrogens (tertiary/aromatic N) is 1. The molecule has 5 heteroatoms. The first kappa shape index (κ1) is 11.6. The van der Waals surface area contributed by atoms with Crippen molar-refractivity contribution in [1.82, 2.24) is 0 Å². The minimum Gasteiger partial charge on any atom is -0.480 e. The lowest BCUT2D eigenvalue weighted by atomic mass is 9.96. The molecule has 1 aliphatic rings. The van der Waals surface area contributed by atoms with Crippen LogP contribution in [-0.4, -0.2) is 36.2 Å². The number of β-lactam (4-membered cyclic amide) rings is 1. The summed E-state index contributed by atoms with van der Waals surface area (Å²) in [5.41, 5.74) is 1.57. The highest BCUT2D eigenvalue weighted by Crippen LogP contribution is 2.30. The summed E-state index contributed by atoms with van der Waals surface area (Å²) in [7, 11) is 1.34. The van der Waals surface area contributed by atoms with E-state index in [4.69, 9.17) is 9.84 Å². The number of methoxy groups -OCH3 is 1. The van der Waals surface area contributed by atoms with Crippen LogP contribution >= 0.6 is 0 Å². The number of hydrogen-bond acceptors (Lipinski definition) is 3. The van der Waals surface area contributed by atoms with E-state index in [0.29, 0.717) is 5.69 Å². The number of aryl methyl sites for hydroxylation is 1. The van der Waals surface area contributed by atoms with E-state index in [9.17, 15) is 9.59 Å². The van der Waals surface area contributed by atoms with Crippen molar-refractivity contribution in [2.75, 3.05) is 12.0 Å². The molecule has 1 heterocycles. The van der Waals surface area contributed by atoms with Gasteiger partial charge < -0.3 is 9.84 Å². The van der Waals surface area contributed by atoms with Gasteiger partial charge in [-0.1, -0.05) is 12.1 Å². The minimum absolute atomic E-state index is 0.314. The lowest BCUT2D eigenvalue weighted by molar-refractivity contribution is -0.155. The molecule has 0 aliphatic carbocycles. The molecule has 17 heavy (non-hydrogen) atoms. The Morgan fingerprint density at radius 1 is 1.47 bits per heavy atom. The second kappa shape index (κ2) is 4.18. The Morgan fingerprint density at radius 3 is 2.71 bits per heavy atom. The number of benzene rings is 1. The van der Waals surface area contributed by atoms with Gasteiger partial charge in [-0.2, -0.15) is 0 Å².